The minimum atomic E-state index is -1.10. The topological polar surface area (TPSA) is 146 Å². The zero-order valence-electron chi connectivity index (χ0n) is 27.9. The predicted octanol–water partition coefficient (Wildman–Crippen LogP) is 5.75. The molecular formula is C35H37F2N9O3. The highest BCUT2D eigenvalue weighted by atomic mass is 19.1. The molecule has 14 heteroatoms. The van der Waals surface area contributed by atoms with Gasteiger partial charge in [-0.3, -0.25) is 4.40 Å². The van der Waals surface area contributed by atoms with Crippen LogP contribution in [-0.4, -0.2) is 69.9 Å². The molecule has 0 saturated carbocycles. The van der Waals surface area contributed by atoms with Gasteiger partial charge in [-0.2, -0.15) is 5.26 Å². The third kappa shape index (κ3) is 6.14. The molecule has 3 aromatic heterocycles. The van der Waals surface area contributed by atoms with Gasteiger partial charge in [0.15, 0.2) is 11.5 Å². The number of imidazole rings is 1. The number of rotatable bonds is 6. The molecule has 0 spiro atoms. The van der Waals surface area contributed by atoms with E-state index >= 15 is 8.78 Å². The summed E-state index contributed by atoms with van der Waals surface area (Å²) in [5.41, 5.74) is 0.613. The SMILES string of the molecule is CC(C)(O)Cn1nnc2cc(-c3c(-c4ccc(C#N)c(F)c4)nc4c(N5[C@@H]6CC[C@H]5CC(NC(=O)OC(C)(C)C)C6)nccn34)c(F)cc21. The number of amides is 1. The van der Waals surface area contributed by atoms with Crippen molar-refractivity contribution in [2.45, 2.75) is 96.2 Å². The van der Waals surface area contributed by atoms with E-state index < -0.39 is 28.9 Å². The number of halogens is 2. The molecule has 2 fully saturated rings. The number of nitrogens with one attached hydrogen (secondary N) is 1. The Balaban J connectivity index is 1.33. The first-order chi connectivity index (χ1) is 23.2. The Morgan fingerprint density at radius 2 is 1.84 bits per heavy atom. The van der Waals surface area contributed by atoms with Crippen LogP contribution < -0.4 is 10.2 Å². The average molecular weight is 670 g/mol. The Morgan fingerprint density at radius 1 is 1.10 bits per heavy atom. The van der Waals surface area contributed by atoms with Crippen LogP contribution in [0.3, 0.4) is 0 Å². The summed E-state index contributed by atoms with van der Waals surface area (Å²) in [5, 5.41) is 31.1. The van der Waals surface area contributed by atoms with E-state index in [-0.39, 0.29) is 35.8 Å². The third-order valence-corrected chi connectivity index (χ3v) is 8.98. The number of carbonyl (C=O) groups excluding carboxylic acids is 1. The minimum Gasteiger partial charge on any atom is -0.444 e. The van der Waals surface area contributed by atoms with Crippen LogP contribution in [0.15, 0.2) is 42.7 Å². The monoisotopic (exact) mass is 669 g/mol. The van der Waals surface area contributed by atoms with Gasteiger partial charge < -0.3 is 20.1 Å². The van der Waals surface area contributed by atoms with Crippen molar-refractivity contribution in [1.29, 1.82) is 5.26 Å². The second-order valence-electron chi connectivity index (χ2n) is 14.5. The van der Waals surface area contributed by atoms with Crippen LogP contribution in [0.1, 0.15) is 65.9 Å². The number of fused-ring (bicyclic) bond motifs is 4. The Bertz CT molecular complexity index is 2130. The summed E-state index contributed by atoms with van der Waals surface area (Å²) < 4.78 is 40.0. The molecule has 1 amide bonds. The number of anilines is 1. The third-order valence-electron chi connectivity index (χ3n) is 8.98. The molecule has 2 aromatic carbocycles. The summed E-state index contributed by atoms with van der Waals surface area (Å²) in [6.45, 7) is 8.85. The molecule has 1 unspecified atom stereocenters. The number of nitriles is 1. The number of aliphatic hydroxyl groups is 1. The Labute approximate surface area is 281 Å². The number of nitrogens with zero attached hydrogens (tertiary/aromatic N) is 8. The van der Waals surface area contributed by atoms with E-state index in [0.29, 0.717) is 52.3 Å². The number of carbonyl (C=O) groups is 1. The molecule has 7 rings (SSSR count). The van der Waals surface area contributed by atoms with Crippen molar-refractivity contribution in [3.05, 3.63) is 59.9 Å². The van der Waals surface area contributed by atoms with E-state index in [1.165, 1.54) is 22.9 Å². The van der Waals surface area contributed by atoms with Gasteiger partial charge in [0.25, 0.3) is 0 Å². The first-order valence-electron chi connectivity index (χ1n) is 16.3. The van der Waals surface area contributed by atoms with E-state index in [4.69, 9.17) is 14.7 Å². The lowest BCUT2D eigenvalue weighted by Crippen LogP contribution is -2.51. The molecule has 0 aliphatic carbocycles. The van der Waals surface area contributed by atoms with E-state index in [1.807, 2.05) is 26.8 Å². The molecule has 2 bridgehead atoms. The summed E-state index contributed by atoms with van der Waals surface area (Å²) in [7, 11) is 0. The van der Waals surface area contributed by atoms with E-state index in [0.717, 1.165) is 12.8 Å². The number of hydrogen-bond acceptors (Lipinski definition) is 9. The highest BCUT2D eigenvalue weighted by Crippen LogP contribution is 2.43. The first-order valence-corrected chi connectivity index (χ1v) is 16.3. The number of benzene rings is 2. The van der Waals surface area contributed by atoms with Crippen molar-refractivity contribution in [2.24, 2.45) is 0 Å². The van der Waals surface area contributed by atoms with Gasteiger partial charge in [0.05, 0.1) is 34.6 Å². The van der Waals surface area contributed by atoms with Crippen molar-refractivity contribution >= 4 is 28.6 Å². The molecular weight excluding hydrogens is 632 g/mol. The smallest absolute Gasteiger partial charge is 0.407 e. The van der Waals surface area contributed by atoms with Crippen LogP contribution in [0.25, 0.3) is 39.2 Å². The van der Waals surface area contributed by atoms with Gasteiger partial charge >= 0.3 is 6.09 Å². The molecule has 2 saturated heterocycles. The number of piperidine rings is 1. The maximum atomic E-state index is 16.3. The van der Waals surface area contributed by atoms with Gasteiger partial charge in [0.2, 0.25) is 0 Å². The number of alkyl carbamates (subject to hydrolysis) is 1. The summed E-state index contributed by atoms with van der Waals surface area (Å²) in [6.07, 6.45) is 6.05. The van der Waals surface area contributed by atoms with Gasteiger partial charge in [-0.15, -0.1) is 5.10 Å². The van der Waals surface area contributed by atoms with Gasteiger partial charge in [-0.1, -0.05) is 11.3 Å². The maximum absolute atomic E-state index is 16.3. The van der Waals surface area contributed by atoms with Crippen molar-refractivity contribution < 1.29 is 23.4 Å². The van der Waals surface area contributed by atoms with Crippen molar-refractivity contribution in [3.63, 3.8) is 0 Å². The number of ether oxygens (including phenoxy) is 1. The fourth-order valence-electron chi connectivity index (χ4n) is 7.13. The van der Waals surface area contributed by atoms with Crippen LogP contribution >= 0.6 is 0 Å². The summed E-state index contributed by atoms with van der Waals surface area (Å²) >= 11 is 0. The van der Waals surface area contributed by atoms with Gasteiger partial charge in [-0.25, -0.2) is 28.2 Å². The quantitative estimate of drug-likeness (QED) is 0.231. The molecule has 3 atom stereocenters. The molecule has 5 heterocycles. The van der Waals surface area contributed by atoms with Crippen molar-refractivity contribution in [1.82, 2.24) is 34.7 Å². The van der Waals surface area contributed by atoms with Crippen LogP contribution in [-0.2, 0) is 11.3 Å². The van der Waals surface area contributed by atoms with E-state index in [9.17, 15) is 15.2 Å². The van der Waals surface area contributed by atoms with Crippen LogP contribution in [0.4, 0.5) is 19.4 Å². The normalized spacial score (nSPS) is 19.4. The zero-order valence-corrected chi connectivity index (χ0v) is 27.9. The largest absolute Gasteiger partial charge is 0.444 e. The lowest BCUT2D eigenvalue weighted by Gasteiger charge is -2.40. The van der Waals surface area contributed by atoms with Gasteiger partial charge in [-0.05, 0) is 78.5 Å². The zero-order chi connectivity index (χ0) is 34.8. The van der Waals surface area contributed by atoms with Gasteiger partial charge in [0.1, 0.15) is 28.8 Å². The van der Waals surface area contributed by atoms with Crippen molar-refractivity contribution in [2.75, 3.05) is 4.90 Å². The molecule has 49 heavy (non-hydrogen) atoms. The Morgan fingerprint density at radius 3 is 2.49 bits per heavy atom. The summed E-state index contributed by atoms with van der Waals surface area (Å²) in [4.78, 5) is 24.6. The Hall–Kier alpha value is -5.16. The highest BCUT2D eigenvalue weighted by molar-refractivity contribution is 5.89. The molecule has 12 nitrogen and oxygen atoms in total. The second-order valence-corrected chi connectivity index (χ2v) is 14.5. The van der Waals surface area contributed by atoms with Crippen LogP contribution in [0.2, 0.25) is 0 Å². The second kappa shape index (κ2) is 11.8. The maximum Gasteiger partial charge on any atom is 0.407 e. The average Bonchev–Trinajstić information content (AvgIpc) is 3.66. The standard InChI is InChI=1S/C35H37F2N9O3/c1-34(2,3)49-33(47)40-21-13-22-8-9-23(14-21)46(22)31-32-41-29(19-6-7-20(17-38)25(36)12-19)30(44(32)11-10-39-31)24-15-27-28(16-26(24)37)45(43-42-27)18-35(4,5)48/h6-7,10-12,15-16,21-23,48H,8-9,13-14,18H2,1-5H3,(H,40,47)/t21?,22-,23+. The predicted molar refractivity (Wildman–Crippen MR) is 178 cm³/mol. The summed E-state index contributed by atoms with van der Waals surface area (Å²) in [6, 6.07) is 8.99. The fourth-order valence-corrected chi connectivity index (χ4v) is 7.13. The molecule has 254 valence electrons. The van der Waals surface area contributed by atoms with E-state index in [1.54, 1.807) is 42.8 Å². The molecule has 2 aliphatic heterocycles. The molecule has 5 aromatic rings. The van der Waals surface area contributed by atoms with Crippen LogP contribution in [0.5, 0.6) is 0 Å². The van der Waals surface area contributed by atoms with Crippen LogP contribution in [0, 0.1) is 23.0 Å². The van der Waals surface area contributed by atoms with Gasteiger partial charge in [0, 0.05) is 47.7 Å². The fraction of sp³-hybridized carbons (Fsp3) is 0.429. The first kappa shape index (κ1) is 32.4. The molecule has 2 N–H and O–H groups in total. The van der Waals surface area contributed by atoms with E-state index in [2.05, 4.69) is 20.5 Å². The lowest BCUT2D eigenvalue weighted by molar-refractivity contribution is 0.0491. The Kier molecular flexibility index (Phi) is 7.78. The number of hydrogen-bond donors (Lipinski definition) is 2. The lowest BCUT2D eigenvalue weighted by atomic mass is 9.97. The summed E-state index contributed by atoms with van der Waals surface area (Å²) in [5.74, 6) is -0.703. The highest BCUT2D eigenvalue weighted by Gasteiger charge is 2.43. The molecule has 0 radical (unpaired) electrons. The minimum absolute atomic E-state index is 0.0623. The molecule has 2 aliphatic rings. The number of aromatic nitrogens is 6. The van der Waals surface area contributed by atoms with Crippen molar-refractivity contribution in [3.8, 4) is 28.6 Å².